The average Bonchev–Trinajstić information content (AvgIpc) is 1.90. The van der Waals surface area contributed by atoms with Crippen LogP contribution in [0.15, 0.2) is 0 Å². The Morgan fingerprint density at radius 2 is 2.00 bits per heavy atom. The molecule has 0 saturated carbocycles. The Bertz CT molecular complexity index is 79.1. The van der Waals surface area contributed by atoms with Crippen molar-refractivity contribution in [3.05, 3.63) is 0 Å². The van der Waals surface area contributed by atoms with Crippen molar-refractivity contribution in [2.45, 2.75) is 25.9 Å². The van der Waals surface area contributed by atoms with Crippen molar-refractivity contribution in [3.63, 3.8) is 0 Å². The summed E-state index contributed by atoms with van der Waals surface area (Å²) in [5.41, 5.74) is 0. The van der Waals surface area contributed by atoms with Crippen molar-refractivity contribution in [2.24, 2.45) is 0 Å². The maximum Gasteiger partial charge on any atom is 0.182 e. The van der Waals surface area contributed by atoms with Crippen molar-refractivity contribution < 1.29 is 0 Å². The van der Waals surface area contributed by atoms with Crippen LogP contribution >= 0.6 is 0 Å². The number of hydrogen-bond acceptors (Lipinski definition) is 1. The second-order valence-electron chi connectivity index (χ2n) is 2.89. The van der Waals surface area contributed by atoms with Crippen LogP contribution in [0.25, 0.3) is 0 Å². The summed E-state index contributed by atoms with van der Waals surface area (Å²) in [5.74, 6) is 0. The fraction of sp³-hybridized carbons (Fsp3) is 1.00. The van der Waals surface area contributed by atoms with E-state index in [4.69, 9.17) is 7.98 Å². The molecule has 0 aromatic carbocycles. The van der Waals surface area contributed by atoms with Gasteiger partial charge in [-0.2, -0.15) is 0 Å². The van der Waals surface area contributed by atoms with Crippen LogP contribution in [0.3, 0.4) is 0 Å². The van der Waals surface area contributed by atoms with E-state index in [0.29, 0.717) is 0 Å². The van der Waals surface area contributed by atoms with Gasteiger partial charge in [-0.1, -0.05) is 25.9 Å². The van der Waals surface area contributed by atoms with Gasteiger partial charge in [0, 0.05) is 0 Å². The Labute approximate surface area is 59.3 Å². The van der Waals surface area contributed by atoms with Gasteiger partial charge >= 0.3 is 0 Å². The highest BCUT2D eigenvalue weighted by Crippen LogP contribution is 2.11. The molecule has 3 heteroatoms. The standard InChI is InChI=1S/C6H13B2N/c1-2-8-3-5-9(7)6-4-8/h2-6H2,1H3. The van der Waals surface area contributed by atoms with E-state index in [1.165, 1.54) is 19.0 Å². The van der Waals surface area contributed by atoms with E-state index >= 15 is 0 Å². The van der Waals surface area contributed by atoms with Gasteiger partial charge in [-0.15, -0.1) is 0 Å². The summed E-state index contributed by atoms with van der Waals surface area (Å²) in [6, 6.07) is 0. The molecule has 1 heterocycles. The smallest absolute Gasteiger partial charge is 0.182 e. The lowest BCUT2D eigenvalue weighted by atomic mass is 9.42. The quantitative estimate of drug-likeness (QED) is 0.465. The molecule has 48 valence electrons. The average molecular weight is 121 g/mol. The van der Waals surface area contributed by atoms with E-state index in [0.717, 1.165) is 19.8 Å². The zero-order valence-electron chi connectivity index (χ0n) is 6.14. The molecule has 1 saturated heterocycles. The van der Waals surface area contributed by atoms with Gasteiger partial charge in [0.25, 0.3) is 0 Å². The van der Waals surface area contributed by atoms with Crippen LogP contribution < -0.4 is 0 Å². The third-order valence-electron chi connectivity index (χ3n) is 2.23. The van der Waals surface area contributed by atoms with Gasteiger partial charge in [-0.25, -0.2) is 0 Å². The molecule has 1 aliphatic heterocycles. The molecule has 0 aromatic rings. The second kappa shape index (κ2) is 3.31. The molecule has 0 spiro atoms. The predicted molar refractivity (Wildman–Crippen MR) is 43.2 cm³/mol. The van der Waals surface area contributed by atoms with Crippen molar-refractivity contribution in [3.8, 4) is 0 Å². The third kappa shape index (κ3) is 2.05. The molecular formula is C6H13B2N. The van der Waals surface area contributed by atoms with Gasteiger partial charge in [-0.3, -0.25) is 0 Å². The van der Waals surface area contributed by atoms with Gasteiger partial charge in [0.15, 0.2) is 7.98 Å². The van der Waals surface area contributed by atoms with Crippen molar-refractivity contribution in [1.82, 2.24) is 4.81 Å². The van der Waals surface area contributed by atoms with Gasteiger partial charge < -0.3 is 4.81 Å². The molecule has 0 aliphatic carbocycles. The Morgan fingerprint density at radius 1 is 1.44 bits per heavy atom. The van der Waals surface area contributed by atoms with E-state index < -0.39 is 0 Å². The second-order valence-corrected chi connectivity index (χ2v) is 2.89. The van der Waals surface area contributed by atoms with Crippen LogP contribution in [0.4, 0.5) is 0 Å². The maximum atomic E-state index is 5.58. The van der Waals surface area contributed by atoms with E-state index in [-0.39, 0.29) is 0 Å². The van der Waals surface area contributed by atoms with Gasteiger partial charge in [0.2, 0.25) is 0 Å². The highest BCUT2D eigenvalue weighted by molar-refractivity contribution is 6.59. The number of hydrogen-bond donors (Lipinski definition) is 0. The lowest BCUT2D eigenvalue weighted by molar-refractivity contribution is 0.482. The normalized spacial score (nSPS) is 22.6. The van der Waals surface area contributed by atoms with E-state index in [2.05, 4.69) is 6.92 Å². The summed E-state index contributed by atoms with van der Waals surface area (Å²) in [7, 11) is 5.58. The highest BCUT2D eigenvalue weighted by atomic mass is 15.0. The Balaban J connectivity index is 2.18. The molecule has 1 nitrogen and oxygen atoms in total. The van der Waals surface area contributed by atoms with Crippen molar-refractivity contribution in [2.75, 3.05) is 13.1 Å². The third-order valence-corrected chi connectivity index (χ3v) is 2.23. The molecule has 1 aliphatic rings. The molecule has 0 N–H and O–H groups in total. The Hall–Kier alpha value is 0.0899. The summed E-state index contributed by atoms with van der Waals surface area (Å²) < 4.78 is 0. The molecule has 0 amide bonds. The minimum Gasteiger partial charge on any atom is -0.355 e. The van der Waals surface area contributed by atoms with Crippen molar-refractivity contribution in [1.29, 1.82) is 0 Å². The fourth-order valence-electron chi connectivity index (χ4n) is 1.36. The first-order chi connectivity index (χ1) is 4.33. The lowest BCUT2D eigenvalue weighted by Crippen LogP contribution is -2.34. The first kappa shape index (κ1) is 7.20. The molecule has 0 unspecified atom stereocenters. The summed E-state index contributed by atoms with van der Waals surface area (Å²) in [5, 5.41) is 0. The topological polar surface area (TPSA) is 3.24 Å². The summed E-state index contributed by atoms with van der Waals surface area (Å²) >= 11 is 0. The van der Waals surface area contributed by atoms with Gasteiger partial charge in [0.05, 0.1) is 0 Å². The first-order valence-electron chi connectivity index (χ1n) is 3.82. The zero-order chi connectivity index (χ0) is 6.69. The van der Waals surface area contributed by atoms with E-state index in [9.17, 15) is 0 Å². The van der Waals surface area contributed by atoms with Gasteiger partial charge in [0.1, 0.15) is 6.71 Å². The van der Waals surface area contributed by atoms with Crippen LogP contribution in [0, 0.1) is 0 Å². The predicted octanol–water partition coefficient (Wildman–Crippen LogP) is 0.900. The first-order valence-corrected chi connectivity index (χ1v) is 3.82. The fourth-order valence-corrected chi connectivity index (χ4v) is 1.36. The monoisotopic (exact) mass is 121 g/mol. The van der Waals surface area contributed by atoms with Crippen molar-refractivity contribution >= 4 is 14.7 Å². The Morgan fingerprint density at radius 3 is 2.44 bits per heavy atom. The van der Waals surface area contributed by atoms with E-state index in [1.807, 2.05) is 4.81 Å². The summed E-state index contributed by atoms with van der Waals surface area (Å²) in [6.45, 7) is 5.40. The summed E-state index contributed by atoms with van der Waals surface area (Å²) in [6.07, 6.45) is 3.92. The molecule has 1 rings (SSSR count). The van der Waals surface area contributed by atoms with E-state index in [1.54, 1.807) is 0 Å². The largest absolute Gasteiger partial charge is 0.355 e. The molecule has 0 atom stereocenters. The number of rotatable bonds is 1. The Kier molecular flexibility index (Phi) is 2.65. The lowest BCUT2D eigenvalue weighted by Gasteiger charge is -2.26. The molecule has 0 bridgehead atoms. The molecular weight excluding hydrogens is 108 g/mol. The minimum absolute atomic E-state index is 0.949. The molecule has 1 fully saturated rings. The van der Waals surface area contributed by atoms with Crippen LogP contribution in [0.5, 0.6) is 0 Å². The van der Waals surface area contributed by atoms with Gasteiger partial charge in [-0.05, 0) is 13.1 Å². The maximum absolute atomic E-state index is 5.58. The SMILES string of the molecule is [B]N1CCB(CC)CC1. The molecule has 9 heavy (non-hydrogen) atoms. The minimum atomic E-state index is 0.949. The number of nitrogens with zero attached hydrogens (tertiary/aromatic N) is 1. The highest BCUT2D eigenvalue weighted by Gasteiger charge is 2.16. The molecule has 2 radical (unpaired) electrons. The summed E-state index contributed by atoms with van der Waals surface area (Å²) in [4.78, 5) is 1.92. The van der Waals surface area contributed by atoms with Crippen LogP contribution in [0.2, 0.25) is 19.0 Å². The van der Waals surface area contributed by atoms with Crippen LogP contribution in [-0.4, -0.2) is 32.6 Å². The molecule has 0 aromatic heterocycles. The zero-order valence-corrected chi connectivity index (χ0v) is 6.14. The van der Waals surface area contributed by atoms with Crippen LogP contribution in [-0.2, 0) is 0 Å². The van der Waals surface area contributed by atoms with Crippen LogP contribution in [0.1, 0.15) is 6.92 Å².